The number of amides is 1. The lowest BCUT2D eigenvalue weighted by Gasteiger charge is -2.29. The van der Waals surface area contributed by atoms with Crippen molar-refractivity contribution in [1.82, 2.24) is 9.97 Å². The van der Waals surface area contributed by atoms with Gasteiger partial charge in [-0.25, -0.2) is 9.97 Å². The van der Waals surface area contributed by atoms with Crippen molar-refractivity contribution in [2.24, 2.45) is 0 Å². The number of rotatable bonds is 5. The van der Waals surface area contributed by atoms with Crippen LogP contribution in [0.3, 0.4) is 0 Å². The molecule has 1 fully saturated rings. The molecule has 2 heterocycles. The fourth-order valence-electron chi connectivity index (χ4n) is 3.42. The van der Waals surface area contributed by atoms with Gasteiger partial charge in [0.2, 0.25) is 5.91 Å². The molecule has 0 atom stereocenters. The molecule has 1 N–H and O–H groups in total. The van der Waals surface area contributed by atoms with E-state index < -0.39 is 0 Å². The van der Waals surface area contributed by atoms with E-state index in [1.165, 1.54) is 0 Å². The molecule has 1 saturated heterocycles. The Morgan fingerprint density at radius 2 is 1.66 bits per heavy atom. The number of nitrogens with one attached hydrogen (secondary N) is 1. The number of ether oxygens (including phenoxy) is 1. The van der Waals surface area contributed by atoms with Crippen molar-refractivity contribution in [3.63, 3.8) is 0 Å². The number of carbonyl (C=O) groups excluding carboxylic acids is 1. The quantitative estimate of drug-likeness (QED) is 0.760. The van der Waals surface area contributed by atoms with Gasteiger partial charge in [-0.05, 0) is 24.3 Å². The van der Waals surface area contributed by atoms with Gasteiger partial charge >= 0.3 is 0 Å². The maximum absolute atomic E-state index is 12.7. The molecule has 0 aliphatic carbocycles. The van der Waals surface area contributed by atoms with E-state index in [1.807, 2.05) is 42.3 Å². The lowest BCUT2D eigenvalue weighted by Crippen LogP contribution is -2.36. The molecule has 7 heteroatoms. The van der Waals surface area contributed by atoms with Crippen LogP contribution in [0.4, 0.5) is 17.2 Å². The molecule has 0 radical (unpaired) electrons. The minimum absolute atomic E-state index is 0.0835. The van der Waals surface area contributed by atoms with E-state index in [0.717, 1.165) is 55.0 Å². The Morgan fingerprint density at radius 1 is 1.03 bits per heavy atom. The first-order valence-corrected chi connectivity index (χ1v) is 11.3. The number of hydrogen-bond acceptors (Lipinski definition) is 6. The van der Waals surface area contributed by atoms with E-state index in [1.54, 1.807) is 0 Å². The molecule has 0 spiro atoms. The van der Waals surface area contributed by atoms with Crippen LogP contribution in [-0.4, -0.2) is 55.8 Å². The van der Waals surface area contributed by atoms with Crippen LogP contribution in [0.5, 0.6) is 0 Å². The summed E-state index contributed by atoms with van der Waals surface area (Å²) in [7, 11) is 1.89. The van der Waals surface area contributed by atoms with Crippen molar-refractivity contribution in [2.75, 3.05) is 55.0 Å². The highest BCUT2D eigenvalue weighted by molar-refractivity contribution is 5.94. The molecule has 1 aromatic carbocycles. The van der Waals surface area contributed by atoms with Crippen LogP contribution in [0, 0.1) is 0 Å². The average Bonchev–Trinajstić information content (AvgIpc) is 2.73. The summed E-state index contributed by atoms with van der Waals surface area (Å²) in [6, 6.07) is 9.96. The zero-order valence-electron chi connectivity index (χ0n) is 20.5. The van der Waals surface area contributed by atoms with E-state index in [2.05, 4.69) is 51.8 Å². The highest BCUT2D eigenvalue weighted by Gasteiger charge is 2.25. The van der Waals surface area contributed by atoms with Gasteiger partial charge in [0.1, 0.15) is 11.6 Å². The maximum Gasteiger partial charge on any atom is 0.243 e. The maximum atomic E-state index is 12.7. The number of benzene rings is 1. The normalized spacial score (nSPS) is 14.9. The fourth-order valence-corrected chi connectivity index (χ4v) is 3.42. The van der Waals surface area contributed by atoms with Gasteiger partial charge in [0, 0.05) is 48.4 Å². The van der Waals surface area contributed by atoms with Gasteiger partial charge < -0.3 is 19.9 Å². The van der Waals surface area contributed by atoms with Gasteiger partial charge in [-0.1, -0.05) is 41.5 Å². The highest BCUT2D eigenvalue weighted by Crippen LogP contribution is 2.28. The van der Waals surface area contributed by atoms with Crippen molar-refractivity contribution in [1.29, 1.82) is 0 Å². The standard InChI is InChI=1S/C25H37N5O2/c1-24(2,3)20-16-21(28-23(27-20)25(4,5)6)29(7)17-22(31)26-18-8-10-19(11-9-18)30-12-14-32-15-13-30/h8-11,16H,12-15,17H2,1-7H3,(H,26,31). The SMILES string of the molecule is CN(CC(=O)Nc1ccc(N2CCOCC2)cc1)c1cc(C(C)(C)C)nc(C(C)(C)C)n1. The van der Waals surface area contributed by atoms with E-state index in [-0.39, 0.29) is 23.3 Å². The average molecular weight is 440 g/mol. The van der Waals surface area contributed by atoms with Crippen LogP contribution in [-0.2, 0) is 20.4 Å². The predicted molar refractivity (Wildman–Crippen MR) is 131 cm³/mol. The number of anilines is 3. The highest BCUT2D eigenvalue weighted by atomic mass is 16.5. The Morgan fingerprint density at radius 3 is 2.22 bits per heavy atom. The molecule has 3 rings (SSSR count). The number of likely N-dealkylation sites (N-methyl/N-ethyl adjacent to an activating group) is 1. The molecule has 7 nitrogen and oxygen atoms in total. The lowest BCUT2D eigenvalue weighted by molar-refractivity contribution is -0.114. The van der Waals surface area contributed by atoms with Crippen LogP contribution >= 0.6 is 0 Å². The van der Waals surface area contributed by atoms with E-state index >= 15 is 0 Å². The Bertz CT molecular complexity index is 891. The smallest absolute Gasteiger partial charge is 0.243 e. The first-order valence-electron chi connectivity index (χ1n) is 11.3. The summed E-state index contributed by atoms with van der Waals surface area (Å²) < 4.78 is 5.41. The van der Waals surface area contributed by atoms with Gasteiger partial charge in [-0.15, -0.1) is 0 Å². The van der Waals surface area contributed by atoms with E-state index in [0.29, 0.717) is 0 Å². The third kappa shape index (κ3) is 6.19. The van der Waals surface area contributed by atoms with Crippen molar-refractivity contribution in [3.8, 4) is 0 Å². The molecule has 1 aliphatic heterocycles. The van der Waals surface area contributed by atoms with Crippen molar-refractivity contribution >= 4 is 23.1 Å². The Labute approximate surface area is 192 Å². The van der Waals surface area contributed by atoms with Crippen LogP contribution in [0.1, 0.15) is 53.1 Å². The molecular weight excluding hydrogens is 402 g/mol. The fraction of sp³-hybridized carbons (Fsp3) is 0.560. The molecule has 1 aliphatic rings. The van der Waals surface area contributed by atoms with Crippen molar-refractivity contribution in [2.45, 2.75) is 52.4 Å². The number of hydrogen-bond donors (Lipinski definition) is 1. The van der Waals surface area contributed by atoms with Crippen LogP contribution in [0.15, 0.2) is 30.3 Å². The largest absolute Gasteiger partial charge is 0.378 e. The zero-order valence-corrected chi connectivity index (χ0v) is 20.5. The third-order valence-corrected chi connectivity index (χ3v) is 5.45. The number of nitrogens with zero attached hydrogens (tertiary/aromatic N) is 4. The van der Waals surface area contributed by atoms with E-state index in [9.17, 15) is 4.79 Å². The molecule has 0 bridgehead atoms. The van der Waals surface area contributed by atoms with Gasteiger partial charge in [-0.2, -0.15) is 0 Å². The summed E-state index contributed by atoms with van der Waals surface area (Å²) in [6.07, 6.45) is 0. The first-order chi connectivity index (χ1) is 14.9. The summed E-state index contributed by atoms with van der Waals surface area (Å²) in [6.45, 7) is 16.2. The Kier molecular flexibility index (Phi) is 7.08. The van der Waals surface area contributed by atoms with Crippen LogP contribution < -0.4 is 15.1 Å². The second-order valence-electron chi connectivity index (χ2n) is 10.5. The number of aromatic nitrogens is 2. The summed E-state index contributed by atoms with van der Waals surface area (Å²) in [5.41, 5.74) is 2.62. The van der Waals surface area contributed by atoms with E-state index in [4.69, 9.17) is 14.7 Å². The molecule has 1 amide bonds. The summed E-state index contributed by atoms with van der Waals surface area (Å²) in [5.74, 6) is 1.46. The molecule has 0 unspecified atom stereocenters. The van der Waals surface area contributed by atoms with Crippen molar-refractivity contribution < 1.29 is 9.53 Å². The van der Waals surface area contributed by atoms with Gasteiger partial charge in [0.15, 0.2) is 0 Å². The summed E-state index contributed by atoms with van der Waals surface area (Å²) in [4.78, 5) is 26.5. The molecule has 32 heavy (non-hydrogen) atoms. The van der Waals surface area contributed by atoms with Gasteiger partial charge in [0.25, 0.3) is 0 Å². The third-order valence-electron chi connectivity index (χ3n) is 5.45. The molecule has 1 aromatic heterocycles. The summed E-state index contributed by atoms with van der Waals surface area (Å²) in [5, 5.41) is 3.00. The minimum Gasteiger partial charge on any atom is -0.378 e. The lowest BCUT2D eigenvalue weighted by atomic mass is 9.90. The topological polar surface area (TPSA) is 70.6 Å². The monoisotopic (exact) mass is 439 g/mol. The second-order valence-corrected chi connectivity index (χ2v) is 10.5. The first kappa shape index (κ1) is 24.0. The molecule has 0 saturated carbocycles. The second kappa shape index (κ2) is 9.45. The molecular formula is C25H37N5O2. The van der Waals surface area contributed by atoms with Gasteiger partial charge in [-0.3, -0.25) is 4.79 Å². The molecule has 2 aromatic rings. The predicted octanol–water partition coefficient (Wildman–Crippen LogP) is 3.98. The Balaban J connectivity index is 1.68. The van der Waals surface area contributed by atoms with Crippen molar-refractivity contribution in [3.05, 3.63) is 41.9 Å². The minimum atomic E-state index is -0.179. The zero-order chi connectivity index (χ0) is 23.5. The molecule has 174 valence electrons. The van der Waals surface area contributed by atoms with Crippen LogP contribution in [0.25, 0.3) is 0 Å². The number of morpholine rings is 1. The van der Waals surface area contributed by atoms with Crippen LogP contribution in [0.2, 0.25) is 0 Å². The summed E-state index contributed by atoms with van der Waals surface area (Å²) >= 11 is 0. The number of carbonyl (C=O) groups is 1. The van der Waals surface area contributed by atoms with Gasteiger partial charge in [0.05, 0.1) is 25.5 Å². The Hall–Kier alpha value is -2.67.